The quantitative estimate of drug-likeness (QED) is 0.857. The summed E-state index contributed by atoms with van der Waals surface area (Å²) in [7, 11) is 2.02. The van der Waals surface area contributed by atoms with E-state index >= 15 is 0 Å². The highest BCUT2D eigenvalue weighted by Crippen LogP contribution is 2.42. The molecule has 1 aliphatic carbocycles. The fourth-order valence-corrected chi connectivity index (χ4v) is 2.85. The van der Waals surface area contributed by atoms with Crippen molar-refractivity contribution in [2.45, 2.75) is 59.2 Å². The Morgan fingerprint density at radius 3 is 2.74 bits per heavy atom. The van der Waals surface area contributed by atoms with Crippen LogP contribution in [-0.2, 0) is 24.8 Å². The smallest absolute Gasteiger partial charge is 0.0655 e. The number of ether oxygens (including phenoxy) is 1. The SMILES string of the molecule is CCOC1CC(NCc2cc(CC)nn2C)C1(C)C. The first-order chi connectivity index (χ1) is 8.98. The third-order valence-electron chi connectivity index (χ3n) is 4.46. The van der Waals surface area contributed by atoms with Crippen molar-refractivity contribution in [3.8, 4) is 0 Å². The molecule has 108 valence electrons. The topological polar surface area (TPSA) is 39.1 Å². The van der Waals surface area contributed by atoms with Gasteiger partial charge in [0.05, 0.1) is 17.5 Å². The fraction of sp³-hybridized carbons (Fsp3) is 0.800. The number of hydrogen-bond donors (Lipinski definition) is 1. The fourth-order valence-electron chi connectivity index (χ4n) is 2.85. The lowest BCUT2D eigenvalue weighted by atomic mass is 9.64. The van der Waals surface area contributed by atoms with Gasteiger partial charge in [-0.25, -0.2) is 0 Å². The maximum Gasteiger partial charge on any atom is 0.0655 e. The number of nitrogens with one attached hydrogen (secondary N) is 1. The molecule has 1 aliphatic rings. The van der Waals surface area contributed by atoms with Crippen LogP contribution < -0.4 is 5.32 Å². The van der Waals surface area contributed by atoms with Crippen molar-refractivity contribution in [3.63, 3.8) is 0 Å². The molecule has 2 rings (SSSR count). The Bertz CT molecular complexity index is 425. The lowest BCUT2D eigenvalue weighted by molar-refractivity contribution is -0.114. The Morgan fingerprint density at radius 1 is 1.47 bits per heavy atom. The van der Waals surface area contributed by atoms with Gasteiger partial charge in [-0.1, -0.05) is 20.8 Å². The third kappa shape index (κ3) is 2.84. The highest BCUT2D eigenvalue weighted by atomic mass is 16.5. The lowest BCUT2D eigenvalue weighted by Gasteiger charge is -2.52. The predicted octanol–water partition coefficient (Wildman–Crippen LogP) is 2.28. The van der Waals surface area contributed by atoms with Crippen LogP contribution in [0.5, 0.6) is 0 Å². The molecule has 0 amide bonds. The van der Waals surface area contributed by atoms with E-state index in [1.165, 1.54) is 11.4 Å². The molecule has 1 saturated carbocycles. The van der Waals surface area contributed by atoms with Crippen molar-refractivity contribution in [2.24, 2.45) is 12.5 Å². The molecule has 1 fully saturated rings. The number of rotatable bonds is 6. The van der Waals surface area contributed by atoms with Gasteiger partial charge in [-0.3, -0.25) is 4.68 Å². The van der Waals surface area contributed by atoms with Crippen LogP contribution in [0.2, 0.25) is 0 Å². The Kier molecular flexibility index (Phi) is 4.31. The monoisotopic (exact) mass is 265 g/mol. The van der Waals surface area contributed by atoms with E-state index in [0.29, 0.717) is 12.1 Å². The molecular formula is C15H27N3O. The van der Waals surface area contributed by atoms with Gasteiger partial charge < -0.3 is 10.1 Å². The van der Waals surface area contributed by atoms with Crippen molar-refractivity contribution in [3.05, 3.63) is 17.5 Å². The van der Waals surface area contributed by atoms with E-state index in [0.717, 1.165) is 26.0 Å². The zero-order valence-electron chi connectivity index (χ0n) is 12.9. The molecule has 1 N–H and O–H groups in total. The van der Waals surface area contributed by atoms with Gasteiger partial charge in [-0.15, -0.1) is 0 Å². The number of hydrogen-bond acceptors (Lipinski definition) is 3. The van der Waals surface area contributed by atoms with Crippen LogP contribution in [0.3, 0.4) is 0 Å². The van der Waals surface area contributed by atoms with Crippen molar-refractivity contribution in [1.29, 1.82) is 0 Å². The van der Waals surface area contributed by atoms with E-state index in [-0.39, 0.29) is 5.41 Å². The Hall–Kier alpha value is -0.870. The highest BCUT2D eigenvalue weighted by molar-refractivity contribution is 5.11. The summed E-state index contributed by atoms with van der Waals surface area (Å²) < 4.78 is 7.75. The molecule has 1 aromatic heterocycles. The molecular weight excluding hydrogens is 238 g/mol. The highest BCUT2D eigenvalue weighted by Gasteiger charge is 2.48. The lowest BCUT2D eigenvalue weighted by Crippen LogP contribution is -2.60. The molecule has 0 saturated heterocycles. The second-order valence-corrected chi connectivity index (χ2v) is 6.04. The van der Waals surface area contributed by atoms with Crippen molar-refractivity contribution in [1.82, 2.24) is 15.1 Å². The summed E-state index contributed by atoms with van der Waals surface area (Å²) in [6.45, 7) is 10.5. The second kappa shape index (κ2) is 5.63. The minimum atomic E-state index is 0.224. The van der Waals surface area contributed by atoms with E-state index < -0.39 is 0 Å². The minimum Gasteiger partial charge on any atom is -0.378 e. The first-order valence-corrected chi connectivity index (χ1v) is 7.35. The summed E-state index contributed by atoms with van der Waals surface area (Å²) in [4.78, 5) is 0. The average molecular weight is 265 g/mol. The molecule has 0 bridgehead atoms. The van der Waals surface area contributed by atoms with Crippen molar-refractivity contribution < 1.29 is 4.74 Å². The third-order valence-corrected chi connectivity index (χ3v) is 4.46. The Labute approximate surface area is 116 Å². The van der Waals surface area contributed by atoms with E-state index in [9.17, 15) is 0 Å². The summed E-state index contributed by atoms with van der Waals surface area (Å²) in [6.07, 6.45) is 2.50. The molecule has 2 atom stereocenters. The van der Waals surface area contributed by atoms with Crippen molar-refractivity contribution >= 4 is 0 Å². The van der Waals surface area contributed by atoms with Gasteiger partial charge in [0.2, 0.25) is 0 Å². The standard InChI is InChI=1S/C15H27N3O/c1-6-11-8-12(18(5)17-11)10-16-13-9-14(19-7-2)15(13,3)4/h8,13-14,16H,6-7,9-10H2,1-5H3. The normalized spacial score (nSPS) is 25.3. The van der Waals surface area contributed by atoms with E-state index in [1.807, 2.05) is 11.7 Å². The molecule has 0 aliphatic heterocycles. The minimum absolute atomic E-state index is 0.224. The Morgan fingerprint density at radius 2 is 2.21 bits per heavy atom. The molecule has 0 aromatic carbocycles. The first kappa shape index (κ1) is 14.5. The summed E-state index contributed by atoms with van der Waals surface area (Å²) in [5.74, 6) is 0. The zero-order chi connectivity index (χ0) is 14.0. The molecule has 4 nitrogen and oxygen atoms in total. The average Bonchev–Trinajstić information content (AvgIpc) is 2.73. The van der Waals surface area contributed by atoms with Gasteiger partial charge in [0, 0.05) is 31.7 Å². The largest absolute Gasteiger partial charge is 0.378 e. The van der Waals surface area contributed by atoms with Crippen LogP contribution in [0.15, 0.2) is 6.07 Å². The predicted molar refractivity (Wildman–Crippen MR) is 77.0 cm³/mol. The maximum atomic E-state index is 5.76. The van der Waals surface area contributed by atoms with E-state index in [1.54, 1.807) is 0 Å². The molecule has 19 heavy (non-hydrogen) atoms. The molecule has 0 radical (unpaired) electrons. The van der Waals surface area contributed by atoms with Crippen LogP contribution in [0.25, 0.3) is 0 Å². The molecule has 4 heteroatoms. The van der Waals surface area contributed by atoms with Gasteiger partial charge in [0.15, 0.2) is 0 Å². The maximum absolute atomic E-state index is 5.76. The van der Waals surface area contributed by atoms with Gasteiger partial charge in [-0.05, 0) is 25.8 Å². The summed E-state index contributed by atoms with van der Waals surface area (Å²) >= 11 is 0. The zero-order valence-corrected chi connectivity index (χ0v) is 12.9. The molecule has 2 unspecified atom stereocenters. The molecule has 1 aromatic rings. The Balaban J connectivity index is 1.88. The van der Waals surface area contributed by atoms with Crippen LogP contribution in [-0.4, -0.2) is 28.5 Å². The van der Waals surface area contributed by atoms with Gasteiger partial charge in [0.1, 0.15) is 0 Å². The van der Waals surface area contributed by atoms with Gasteiger partial charge in [0.25, 0.3) is 0 Å². The first-order valence-electron chi connectivity index (χ1n) is 7.35. The van der Waals surface area contributed by atoms with Crippen LogP contribution in [0, 0.1) is 5.41 Å². The second-order valence-electron chi connectivity index (χ2n) is 6.04. The number of aromatic nitrogens is 2. The number of aryl methyl sites for hydroxylation is 2. The van der Waals surface area contributed by atoms with Crippen molar-refractivity contribution in [2.75, 3.05) is 6.61 Å². The van der Waals surface area contributed by atoms with Crippen LogP contribution in [0.1, 0.15) is 45.5 Å². The van der Waals surface area contributed by atoms with E-state index in [4.69, 9.17) is 4.74 Å². The molecule has 0 spiro atoms. The summed E-state index contributed by atoms with van der Waals surface area (Å²) in [5, 5.41) is 8.14. The van der Waals surface area contributed by atoms with Gasteiger partial charge >= 0.3 is 0 Å². The van der Waals surface area contributed by atoms with Crippen LogP contribution in [0.4, 0.5) is 0 Å². The van der Waals surface area contributed by atoms with Crippen LogP contribution >= 0.6 is 0 Å². The molecule has 1 heterocycles. The number of nitrogens with zero attached hydrogens (tertiary/aromatic N) is 2. The summed E-state index contributed by atoms with van der Waals surface area (Å²) in [6, 6.07) is 2.72. The van der Waals surface area contributed by atoms with Gasteiger partial charge in [-0.2, -0.15) is 5.10 Å². The summed E-state index contributed by atoms with van der Waals surface area (Å²) in [5.41, 5.74) is 2.65. The van der Waals surface area contributed by atoms with E-state index in [2.05, 4.69) is 44.2 Å².